The van der Waals surface area contributed by atoms with Crippen LogP contribution in [-0.2, 0) is 9.47 Å². The molecule has 0 heterocycles. The first-order valence-electron chi connectivity index (χ1n) is 6.28. The van der Waals surface area contributed by atoms with E-state index in [1.54, 1.807) is 6.07 Å². The molecule has 2 aromatic rings. The normalized spacial score (nSPS) is 9.81. The SMILES string of the molecule is COC(=O)c1ccc(C(=O)OC)c(Nc2ccccc2)c1. The monoisotopic (exact) mass is 285 g/mol. The molecule has 5 heteroatoms. The number of anilines is 2. The summed E-state index contributed by atoms with van der Waals surface area (Å²) in [4.78, 5) is 23.4. The van der Waals surface area contributed by atoms with E-state index in [-0.39, 0.29) is 0 Å². The number of para-hydroxylation sites is 1. The molecule has 0 radical (unpaired) electrons. The molecule has 108 valence electrons. The Bertz CT molecular complexity index is 653. The molecule has 0 saturated carbocycles. The van der Waals surface area contributed by atoms with Gasteiger partial charge in [0.25, 0.3) is 0 Å². The molecule has 0 spiro atoms. The molecule has 0 saturated heterocycles. The molecule has 0 bridgehead atoms. The van der Waals surface area contributed by atoms with Gasteiger partial charge in [0.15, 0.2) is 0 Å². The molecular weight excluding hydrogens is 270 g/mol. The van der Waals surface area contributed by atoms with Crippen LogP contribution >= 0.6 is 0 Å². The molecule has 0 aliphatic heterocycles. The molecular formula is C16H15NO4. The van der Waals surface area contributed by atoms with E-state index in [0.717, 1.165) is 5.69 Å². The number of esters is 2. The molecule has 0 atom stereocenters. The van der Waals surface area contributed by atoms with E-state index >= 15 is 0 Å². The van der Waals surface area contributed by atoms with Crippen molar-refractivity contribution < 1.29 is 19.1 Å². The number of nitrogens with one attached hydrogen (secondary N) is 1. The van der Waals surface area contributed by atoms with Crippen molar-refractivity contribution in [1.29, 1.82) is 0 Å². The number of methoxy groups -OCH3 is 2. The predicted molar refractivity (Wildman–Crippen MR) is 78.8 cm³/mol. The summed E-state index contributed by atoms with van der Waals surface area (Å²) < 4.78 is 9.43. The highest BCUT2D eigenvalue weighted by atomic mass is 16.5. The molecule has 0 amide bonds. The van der Waals surface area contributed by atoms with Crippen LogP contribution in [0.3, 0.4) is 0 Å². The molecule has 5 nitrogen and oxygen atoms in total. The molecule has 2 rings (SSSR count). The third-order valence-electron chi connectivity index (χ3n) is 2.90. The van der Waals surface area contributed by atoms with Crippen molar-refractivity contribution in [3.63, 3.8) is 0 Å². The molecule has 21 heavy (non-hydrogen) atoms. The summed E-state index contributed by atoms with van der Waals surface area (Å²) in [5.74, 6) is -0.952. The lowest BCUT2D eigenvalue weighted by molar-refractivity contribution is 0.0587. The van der Waals surface area contributed by atoms with Crippen LogP contribution in [0.1, 0.15) is 20.7 Å². The zero-order valence-corrected chi connectivity index (χ0v) is 11.8. The maximum absolute atomic E-state index is 11.8. The second-order valence-electron chi connectivity index (χ2n) is 4.23. The molecule has 1 N–H and O–H groups in total. The smallest absolute Gasteiger partial charge is 0.339 e. The third kappa shape index (κ3) is 3.39. The Morgan fingerprint density at radius 3 is 2.19 bits per heavy atom. The molecule has 0 aliphatic rings. The lowest BCUT2D eigenvalue weighted by atomic mass is 10.1. The number of ether oxygens (including phenoxy) is 2. The molecule has 0 aliphatic carbocycles. The van der Waals surface area contributed by atoms with Crippen LogP contribution in [0, 0.1) is 0 Å². The molecule has 0 aromatic heterocycles. The lowest BCUT2D eigenvalue weighted by Crippen LogP contribution is -2.08. The van der Waals surface area contributed by atoms with Gasteiger partial charge in [0, 0.05) is 5.69 Å². The van der Waals surface area contributed by atoms with E-state index in [4.69, 9.17) is 4.74 Å². The van der Waals surface area contributed by atoms with Crippen molar-refractivity contribution in [2.24, 2.45) is 0 Å². The number of hydrogen-bond donors (Lipinski definition) is 1. The maximum atomic E-state index is 11.8. The fraction of sp³-hybridized carbons (Fsp3) is 0.125. The maximum Gasteiger partial charge on any atom is 0.339 e. The first kappa shape index (κ1) is 14.6. The van der Waals surface area contributed by atoms with Crippen LogP contribution < -0.4 is 5.32 Å². The van der Waals surface area contributed by atoms with Crippen LogP contribution in [0.15, 0.2) is 48.5 Å². The van der Waals surface area contributed by atoms with Crippen LogP contribution in [0.2, 0.25) is 0 Å². The zero-order valence-electron chi connectivity index (χ0n) is 11.8. The Morgan fingerprint density at radius 2 is 1.57 bits per heavy atom. The summed E-state index contributed by atoms with van der Waals surface area (Å²) in [5.41, 5.74) is 1.97. The van der Waals surface area contributed by atoms with Crippen molar-refractivity contribution in [3.05, 3.63) is 59.7 Å². The fourth-order valence-corrected chi connectivity index (χ4v) is 1.86. The summed E-state index contributed by atoms with van der Waals surface area (Å²) in [7, 11) is 2.61. The summed E-state index contributed by atoms with van der Waals surface area (Å²) in [6, 6.07) is 13.9. The Kier molecular flexibility index (Phi) is 4.56. The average molecular weight is 285 g/mol. The lowest BCUT2D eigenvalue weighted by Gasteiger charge is -2.12. The number of carbonyl (C=O) groups excluding carboxylic acids is 2. The van der Waals surface area contributed by atoms with Gasteiger partial charge in [0.2, 0.25) is 0 Å². The number of benzene rings is 2. The minimum atomic E-state index is -0.482. The van der Waals surface area contributed by atoms with Gasteiger partial charge in [-0.3, -0.25) is 0 Å². The zero-order chi connectivity index (χ0) is 15.2. The van der Waals surface area contributed by atoms with Crippen molar-refractivity contribution in [2.45, 2.75) is 0 Å². The Balaban J connectivity index is 2.43. The van der Waals surface area contributed by atoms with Crippen LogP contribution in [0.4, 0.5) is 11.4 Å². The predicted octanol–water partition coefficient (Wildman–Crippen LogP) is 3.00. The number of hydrogen-bond acceptors (Lipinski definition) is 5. The van der Waals surface area contributed by atoms with Gasteiger partial charge in [-0.15, -0.1) is 0 Å². The van der Waals surface area contributed by atoms with E-state index in [1.165, 1.54) is 26.4 Å². The molecule has 0 fully saturated rings. The van der Waals surface area contributed by atoms with Crippen LogP contribution in [-0.4, -0.2) is 26.2 Å². The second-order valence-corrected chi connectivity index (χ2v) is 4.23. The van der Waals surface area contributed by atoms with Crippen LogP contribution in [0.25, 0.3) is 0 Å². The summed E-state index contributed by atoms with van der Waals surface area (Å²) in [6.45, 7) is 0. The second kappa shape index (κ2) is 6.56. The van der Waals surface area contributed by atoms with Crippen LogP contribution in [0.5, 0.6) is 0 Å². The van der Waals surface area contributed by atoms with Crippen molar-refractivity contribution in [1.82, 2.24) is 0 Å². The Morgan fingerprint density at radius 1 is 0.905 bits per heavy atom. The van der Waals surface area contributed by atoms with Gasteiger partial charge in [-0.25, -0.2) is 9.59 Å². The number of rotatable bonds is 4. The third-order valence-corrected chi connectivity index (χ3v) is 2.90. The summed E-state index contributed by atoms with van der Waals surface area (Å²) >= 11 is 0. The largest absolute Gasteiger partial charge is 0.465 e. The first-order chi connectivity index (χ1) is 10.2. The molecule has 2 aromatic carbocycles. The highest BCUT2D eigenvalue weighted by molar-refractivity contribution is 5.99. The quantitative estimate of drug-likeness (QED) is 0.875. The first-order valence-corrected chi connectivity index (χ1v) is 6.28. The van der Waals surface area contributed by atoms with E-state index < -0.39 is 11.9 Å². The van der Waals surface area contributed by atoms with Gasteiger partial charge in [-0.2, -0.15) is 0 Å². The van der Waals surface area contributed by atoms with Crippen molar-refractivity contribution >= 4 is 23.3 Å². The molecule has 0 unspecified atom stereocenters. The van der Waals surface area contributed by atoms with Gasteiger partial charge in [0.1, 0.15) is 0 Å². The topological polar surface area (TPSA) is 64.6 Å². The van der Waals surface area contributed by atoms with Crippen molar-refractivity contribution in [2.75, 3.05) is 19.5 Å². The van der Waals surface area contributed by atoms with Gasteiger partial charge in [0.05, 0.1) is 31.0 Å². The highest BCUT2D eigenvalue weighted by Gasteiger charge is 2.15. The Hall–Kier alpha value is -2.82. The van der Waals surface area contributed by atoms with Gasteiger partial charge < -0.3 is 14.8 Å². The summed E-state index contributed by atoms with van der Waals surface area (Å²) in [6.07, 6.45) is 0. The minimum Gasteiger partial charge on any atom is -0.465 e. The van der Waals surface area contributed by atoms with E-state index in [0.29, 0.717) is 16.8 Å². The van der Waals surface area contributed by atoms with E-state index in [9.17, 15) is 9.59 Å². The van der Waals surface area contributed by atoms with Crippen molar-refractivity contribution in [3.8, 4) is 0 Å². The van der Waals surface area contributed by atoms with Gasteiger partial charge in [-0.05, 0) is 30.3 Å². The van der Waals surface area contributed by atoms with Gasteiger partial charge in [-0.1, -0.05) is 18.2 Å². The van der Waals surface area contributed by atoms with E-state index in [1.807, 2.05) is 30.3 Å². The summed E-state index contributed by atoms with van der Waals surface area (Å²) in [5, 5.41) is 3.10. The number of carbonyl (C=O) groups is 2. The minimum absolute atomic E-state index is 0.342. The standard InChI is InChI=1S/C16H15NO4/c1-20-15(18)11-8-9-13(16(19)21-2)14(10-11)17-12-6-4-3-5-7-12/h3-10,17H,1-2H3. The van der Waals surface area contributed by atoms with E-state index in [2.05, 4.69) is 10.1 Å². The average Bonchev–Trinajstić information content (AvgIpc) is 2.54. The Labute approximate surface area is 122 Å². The fourth-order valence-electron chi connectivity index (χ4n) is 1.86. The van der Waals surface area contributed by atoms with Gasteiger partial charge >= 0.3 is 11.9 Å². The highest BCUT2D eigenvalue weighted by Crippen LogP contribution is 2.23.